The molecule has 0 spiro atoms. The van der Waals surface area contributed by atoms with Crippen molar-refractivity contribution in [1.82, 2.24) is 0 Å². The van der Waals surface area contributed by atoms with Crippen LogP contribution in [0.5, 0.6) is 0 Å². The van der Waals surface area contributed by atoms with Crippen molar-refractivity contribution in [1.29, 1.82) is 0 Å². The molecule has 0 radical (unpaired) electrons. The Bertz CT molecular complexity index is 353. The van der Waals surface area contributed by atoms with E-state index in [1.807, 2.05) is 0 Å². The highest BCUT2D eigenvalue weighted by molar-refractivity contribution is 6.49. The van der Waals surface area contributed by atoms with Crippen LogP contribution in [-0.4, -0.2) is 90.3 Å². The summed E-state index contributed by atoms with van der Waals surface area (Å²) in [7, 11) is -5.61. The molecule has 35 heavy (non-hydrogen) atoms. The zero-order chi connectivity index (χ0) is 25.3. The van der Waals surface area contributed by atoms with Crippen molar-refractivity contribution >= 4 is 90.3 Å². The van der Waals surface area contributed by atoms with Crippen molar-refractivity contribution < 1.29 is 32.9 Å². The van der Waals surface area contributed by atoms with E-state index in [0.29, 0.717) is 0 Å². The fraction of sp³-hybridized carbons (Fsp3) is 1.00. The summed E-state index contributed by atoms with van der Waals surface area (Å²) in [5.41, 5.74) is 0. The molecular weight excluding hydrogens is 597 g/mol. The van der Waals surface area contributed by atoms with Crippen LogP contribution in [0.3, 0.4) is 0 Å². The monoisotopic (exact) mass is 652 g/mol. The van der Waals surface area contributed by atoms with Gasteiger partial charge in [-0.15, -0.1) is 0 Å². The van der Waals surface area contributed by atoms with Crippen LogP contribution in [0.1, 0.15) is 110 Å². The van der Waals surface area contributed by atoms with Gasteiger partial charge in [0.15, 0.2) is 0 Å². The Kier molecular flexibility index (Phi) is 37.3. The third-order valence-corrected chi connectivity index (χ3v) is 17.1. The lowest BCUT2D eigenvalue weighted by Crippen LogP contribution is -2.20. The Morgan fingerprint density at radius 3 is 1.09 bits per heavy atom. The second kappa shape index (κ2) is 35.6. The molecule has 212 valence electrons. The minimum Gasteiger partial charge on any atom is -0.449 e. The van der Waals surface area contributed by atoms with Gasteiger partial charge in [0.2, 0.25) is 0 Å². The van der Waals surface area contributed by atoms with E-state index in [1.165, 1.54) is 109 Å². The SMILES string of the molecule is CCCCCCCCCCCCCCCCCC[SiH2]O[SiH2]O[SiH2]O[SiH2]O[SiH2]O[SiH2]O[SiH2]O[SiH2]O[SiH3]. The lowest BCUT2D eigenvalue weighted by molar-refractivity contribution is 0.367. The van der Waals surface area contributed by atoms with Gasteiger partial charge in [-0.05, 0) is 6.04 Å². The molecule has 0 fully saturated rings. The Hall–Kier alpha value is 1.63. The molecule has 0 amide bonds. The summed E-state index contributed by atoms with van der Waals surface area (Å²) in [6.07, 6.45) is 22.8. The van der Waals surface area contributed by atoms with Gasteiger partial charge >= 0.3 is 0 Å². The van der Waals surface area contributed by atoms with Crippen molar-refractivity contribution in [3.63, 3.8) is 0 Å². The Morgan fingerprint density at radius 1 is 0.400 bits per heavy atom. The van der Waals surface area contributed by atoms with Gasteiger partial charge in [0.25, 0.3) is 70.0 Å². The zero-order valence-electron chi connectivity index (χ0n) is 22.9. The topological polar surface area (TPSA) is 73.8 Å². The number of unbranched alkanes of at least 4 members (excludes halogenated alkanes) is 15. The van der Waals surface area contributed by atoms with E-state index in [-0.39, 0.29) is 9.76 Å². The third-order valence-electron chi connectivity index (χ3n) is 5.59. The molecule has 0 saturated heterocycles. The van der Waals surface area contributed by atoms with E-state index in [9.17, 15) is 0 Å². The molecule has 0 N–H and O–H groups in total. The molecule has 0 aliphatic heterocycles. The second-order valence-electron chi connectivity index (χ2n) is 8.90. The summed E-state index contributed by atoms with van der Waals surface area (Å²) >= 11 is 0. The molecule has 8 nitrogen and oxygen atoms in total. The first-order chi connectivity index (χ1) is 17.4. The molecule has 0 bridgehead atoms. The first-order valence-electron chi connectivity index (χ1n) is 13.9. The van der Waals surface area contributed by atoms with E-state index in [1.54, 1.807) is 0 Å². The fourth-order valence-electron chi connectivity index (χ4n) is 3.63. The van der Waals surface area contributed by atoms with Gasteiger partial charge in [0.05, 0.1) is 0 Å². The molecular formula is C18H56O8Si9. The molecule has 0 unspecified atom stereocenters. The van der Waals surface area contributed by atoms with Crippen molar-refractivity contribution in [2.24, 2.45) is 0 Å². The second-order valence-corrected chi connectivity index (χ2v) is 25.4. The highest BCUT2D eigenvalue weighted by atomic mass is 28.4. The molecule has 0 atom stereocenters. The predicted molar refractivity (Wildman–Crippen MR) is 171 cm³/mol. The van der Waals surface area contributed by atoms with Crippen LogP contribution in [0.4, 0.5) is 0 Å². The maximum Gasteiger partial charge on any atom is 0.286 e. The van der Waals surface area contributed by atoms with Crippen LogP contribution in [0.25, 0.3) is 0 Å². The highest BCUT2D eigenvalue weighted by Crippen LogP contribution is 2.14. The van der Waals surface area contributed by atoms with E-state index < -0.39 is 70.0 Å². The van der Waals surface area contributed by atoms with Crippen LogP contribution in [-0.2, 0) is 32.9 Å². The third kappa shape index (κ3) is 35.6. The zero-order valence-corrected chi connectivity index (χ0v) is 36.3. The minimum atomic E-state index is -0.920. The Labute approximate surface area is 238 Å². The largest absolute Gasteiger partial charge is 0.449 e. The molecule has 0 aliphatic carbocycles. The number of hydrogen-bond acceptors (Lipinski definition) is 8. The van der Waals surface area contributed by atoms with Crippen LogP contribution < -0.4 is 0 Å². The summed E-state index contributed by atoms with van der Waals surface area (Å²) in [6, 6.07) is 1.30. The van der Waals surface area contributed by atoms with Gasteiger partial charge < -0.3 is 32.9 Å². The van der Waals surface area contributed by atoms with Gasteiger partial charge in [0, 0.05) is 0 Å². The maximum atomic E-state index is 5.80. The molecule has 0 aromatic rings. The van der Waals surface area contributed by atoms with Crippen LogP contribution >= 0.6 is 0 Å². The van der Waals surface area contributed by atoms with Gasteiger partial charge in [-0.25, -0.2) is 0 Å². The standard InChI is InChI=1S/C18H56O8Si9/c1-2-3-4-5-6-7-8-9-10-11-12-13-14-15-16-17-18-28-20-30-22-32-24-34-26-35-25-33-23-31-21-29-19-27/h2-18,28-35H2,1,27H3. The van der Waals surface area contributed by atoms with Crippen LogP contribution in [0, 0.1) is 0 Å². The first-order valence-corrected chi connectivity index (χ1v) is 24.4. The molecule has 0 saturated carbocycles. The predicted octanol–water partition coefficient (Wildman–Crippen LogP) is -1.85. The minimum absolute atomic E-state index is 0.364. The quantitative estimate of drug-likeness (QED) is 0.0620. The lowest BCUT2D eigenvalue weighted by atomic mass is 10.0. The van der Waals surface area contributed by atoms with Crippen molar-refractivity contribution in [3.05, 3.63) is 0 Å². The molecule has 0 heterocycles. The van der Waals surface area contributed by atoms with Crippen LogP contribution in [0.15, 0.2) is 0 Å². The average molecular weight is 653 g/mol. The van der Waals surface area contributed by atoms with Crippen molar-refractivity contribution in [2.45, 2.75) is 116 Å². The van der Waals surface area contributed by atoms with E-state index in [4.69, 9.17) is 32.9 Å². The number of hydrogen-bond donors (Lipinski definition) is 0. The summed E-state index contributed by atoms with van der Waals surface area (Å²) in [6.45, 7) is 2.29. The molecule has 0 aliphatic rings. The molecule has 17 heteroatoms. The van der Waals surface area contributed by atoms with Gasteiger partial charge in [0.1, 0.15) is 20.2 Å². The average Bonchev–Trinajstić information content (AvgIpc) is 2.87. The van der Waals surface area contributed by atoms with Gasteiger partial charge in [-0.1, -0.05) is 110 Å². The highest BCUT2D eigenvalue weighted by Gasteiger charge is 1.97. The van der Waals surface area contributed by atoms with Gasteiger partial charge in [-0.2, -0.15) is 0 Å². The molecule has 0 aromatic heterocycles. The molecule has 0 rings (SSSR count). The van der Waals surface area contributed by atoms with E-state index in [2.05, 4.69) is 6.92 Å². The molecule has 0 aromatic carbocycles. The Balaban J connectivity index is 3.00. The number of rotatable bonds is 32. The van der Waals surface area contributed by atoms with E-state index >= 15 is 0 Å². The first kappa shape index (κ1) is 36.6. The maximum absolute atomic E-state index is 5.80. The summed E-state index contributed by atoms with van der Waals surface area (Å²) in [5, 5.41) is 0. The fourth-order valence-corrected chi connectivity index (χ4v) is 18.5. The smallest absolute Gasteiger partial charge is 0.286 e. The van der Waals surface area contributed by atoms with Crippen molar-refractivity contribution in [2.75, 3.05) is 0 Å². The normalized spacial score (nSPS) is 14.3. The van der Waals surface area contributed by atoms with E-state index in [0.717, 1.165) is 10.5 Å². The Morgan fingerprint density at radius 2 is 0.714 bits per heavy atom. The van der Waals surface area contributed by atoms with Crippen molar-refractivity contribution in [3.8, 4) is 0 Å². The van der Waals surface area contributed by atoms with Gasteiger partial charge in [-0.3, -0.25) is 0 Å². The summed E-state index contributed by atoms with van der Waals surface area (Å²) in [4.78, 5) is 0. The summed E-state index contributed by atoms with van der Waals surface area (Å²) < 4.78 is 43.7. The van der Waals surface area contributed by atoms with Crippen LogP contribution in [0.2, 0.25) is 6.04 Å². The summed E-state index contributed by atoms with van der Waals surface area (Å²) in [5.74, 6) is 0. The lowest BCUT2D eigenvalue weighted by Gasteiger charge is -2.08.